The SMILES string of the molecule is C=C/C(=C\C)c1ccc(N(c2cc(C)cc(C)c2)c2ccc(NC)c(C)c2)cc1. The van der Waals surface area contributed by atoms with E-state index in [2.05, 4.69) is 104 Å². The molecule has 0 heterocycles. The fourth-order valence-corrected chi connectivity index (χ4v) is 3.80. The summed E-state index contributed by atoms with van der Waals surface area (Å²) in [6.07, 6.45) is 3.99. The van der Waals surface area contributed by atoms with Crippen LogP contribution in [0.5, 0.6) is 0 Å². The van der Waals surface area contributed by atoms with Gasteiger partial charge in [-0.2, -0.15) is 0 Å². The standard InChI is InChI=1S/C27H30N2/c1-7-22(8-2)23-9-11-24(12-10-23)29(26-16-19(3)15-20(4)17-26)25-13-14-27(28-6)21(5)18-25/h7-18,28H,1H2,2-6H3/b22-8+. The van der Waals surface area contributed by atoms with Crippen LogP contribution in [0, 0.1) is 20.8 Å². The fraction of sp³-hybridized carbons (Fsp3) is 0.185. The van der Waals surface area contributed by atoms with Crippen LogP contribution in [0.1, 0.15) is 29.2 Å². The molecule has 0 amide bonds. The minimum atomic E-state index is 1.13. The number of anilines is 4. The molecule has 0 saturated carbocycles. The van der Waals surface area contributed by atoms with Crippen molar-refractivity contribution in [1.82, 2.24) is 0 Å². The minimum absolute atomic E-state index is 1.13. The Morgan fingerprint density at radius 3 is 1.97 bits per heavy atom. The Bertz CT molecular complexity index is 1020. The third-order valence-electron chi connectivity index (χ3n) is 5.19. The zero-order chi connectivity index (χ0) is 21.0. The maximum atomic E-state index is 3.92. The normalized spacial score (nSPS) is 11.3. The Labute approximate surface area is 175 Å². The van der Waals surface area contributed by atoms with E-state index in [1.807, 2.05) is 20.0 Å². The molecule has 3 rings (SSSR count). The van der Waals surface area contributed by atoms with Crippen molar-refractivity contribution < 1.29 is 0 Å². The van der Waals surface area contributed by atoms with Crippen LogP contribution in [0.2, 0.25) is 0 Å². The van der Waals surface area contributed by atoms with E-state index in [1.165, 1.54) is 27.9 Å². The Kier molecular flexibility index (Phi) is 6.23. The average Bonchev–Trinajstić information content (AvgIpc) is 2.70. The molecular weight excluding hydrogens is 352 g/mol. The van der Waals surface area contributed by atoms with Gasteiger partial charge < -0.3 is 10.2 Å². The summed E-state index contributed by atoms with van der Waals surface area (Å²) in [6, 6.07) is 21.9. The number of hydrogen-bond acceptors (Lipinski definition) is 2. The largest absolute Gasteiger partial charge is 0.388 e. The monoisotopic (exact) mass is 382 g/mol. The van der Waals surface area contributed by atoms with Crippen LogP contribution in [0.4, 0.5) is 22.7 Å². The molecule has 0 radical (unpaired) electrons. The number of rotatable bonds is 6. The second kappa shape index (κ2) is 8.83. The minimum Gasteiger partial charge on any atom is -0.388 e. The molecular formula is C27H30N2. The van der Waals surface area contributed by atoms with Crippen molar-refractivity contribution in [1.29, 1.82) is 0 Å². The van der Waals surface area contributed by atoms with Gasteiger partial charge in [0.25, 0.3) is 0 Å². The molecule has 0 aliphatic heterocycles. The van der Waals surface area contributed by atoms with Crippen LogP contribution in [0.25, 0.3) is 5.57 Å². The lowest BCUT2D eigenvalue weighted by atomic mass is 10.0. The van der Waals surface area contributed by atoms with Crippen molar-refractivity contribution >= 4 is 28.3 Å². The Hall–Kier alpha value is -3.26. The number of benzene rings is 3. The molecule has 148 valence electrons. The summed E-state index contributed by atoms with van der Waals surface area (Å²) in [7, 11) is 1.96. The van der Waals surface area contributed by atoms with Crippen molar-refractivity contribution in [2.45, 2.75) is 27.7 Å². The number of hydrogen-bond donors (Lipinski definition) is 1. The van der Waals surface area contributed by atoms with Crippen LogP contribution >= 0.6 is 0 Å². The first-order chi connectivity index (χ1) is 14.0. The van der Waals surface area contributed by atoms with Crippen molar-refractivity contribution in [2.75, 3.05) is 17.3 Å². The van der Waals surface area contributed by atoms with Crippen LogP contribution in [-0.4, -0.2) is 7.05 Å². The van der Waals surface area contributed by atoms with Gasteiger partial charge >= 0.3 is 0 Å². The summed E-state index contributed by atoms with van der Waals surface area (Å²) in [5.74, 6) is 0. The van der Waals surface area contributed by atoms with E-state index < -0.39 is 0 Å². The maximum absolute atomic E-state index is 3.92. The zero-order valence-corrected chi connectivity index (χ0v) is 18.1. The first-order valence-electron chi connectivity index (χ1n) is 10.0. The molecule has 2 nitrogen and oxygen atoms in total. The van der Waals surface area contributed by atoms with Gasteiger partial charge in [0, 0.05) is 29.8 Å². The highest BCUT2D eigenvalue weighted by Gasteiger charge is 2.14. The number of nitrogens with one attached hydrogen (secondary N) is 1. The van der Waals surface area contributed by atoms with Gasteiger partial charge in [0.15, 0.2) is 0 Å². The van der Waals surface area contributed by atoms with Crippen molar-refractivity contribution in [3.63, 3.8) is 0 Å². The lowest BCUT2D eigenvalue weighted by Crippen LogP contribution is -2.11. The molecule has 0 spiro atoms. The van der Waals surface area contributed by atoms with Gasteiger partial charge in [0.1, 0.15) is 0 Å². The average molecular weight is 383 g/mol. The summed E-state index contributed by atoms with van der Waals surface area (Å²) in [5.41, 5.74) is 10.6. The number of nitrogens with zero attached hydrogens (tertiary/aromatic N) is 1. The van der Waals surface area contributed by atoms with Gasteiger partial charge in [-0.05, 0) is 98.0 Å². The molecule has 2 heteroatoms. The van der Waals surface area contributed by atoms with Gasteiger partial charge in [-0.25, -0.2) is 0 Å². The summed E-state index contributed by atoms with van der Waals surface area (Å²) in [4.78, 5) is 2.32. The van der Waals surface area contributed by atoms with Crippen molar-refractivity contribution in [3.8, 4) is 0 Å². The Balaban J connectivity index is 2.15. The fourth-order valence-electron chi connectivity index (χ4n) is 3.80. The molecule has 0 saturated heterocycles. The second-order valence-corrected chi connectivity index (χ2v) is 7.43. The molecule has 0 unspecified atom stereocenters. The second-order valence-electron chi connectivity index (χ2n) is 7.43. The van der Waals surface area contributed by atoms with E-state index in [0.29, 0.717) is 0 Å². The van der Waals surface area contributed by atoms with Crippen LogP contribution in [0.15, 0.2) is 79.4 Å². The summed E-state index contributed by atoms with van der Waals surface area (Å²) in [6.45, 7) is 12.4. The molecule has 0 bridgehead atoms. The lowest BCUT2D eigenvalue weighted by Gasteiger charge is -2.27. The number of allylic oxidation sites excluding steroid dienone is 3. The van der Waals surface area contributed by atoms with Crippen LogP contribution < -0.4 is 10.2 Å². The summed E-state index contributed by atoms with van der Waals surface area (Å²) >= 11 is 0. The van der Waals surface area contributed by atoms with E-state index in [9.17, 15) is 0 Å². The predicted octanol–water partition coefficient (Wildman–Crippen LogP) is 7.71. The predicted molar refractivity (Wildman–Crippen MR) is 129 cm³/mol. The zero-order valence-electron chi connectivity index (χ0n) is 18.1. The van der Waals surface area contributed by atoms with Gasteiger partial charge in [0.05, 0.1) is 0 Å². The van der Waals surface area contributed by atoms with Gasteiger partial charge in [0.2, 0.25) is 0 Å². The highest BCUT2D eigenvalue weighted by Crippen LogP contribution is 2.37. The molecule has 3 aromatic rings. The van der Waals surface area contributed by atoms with Gasteiger partial charge in [-0.1, -0.05) is 36.9 Å². The molecule has 29 heavy (non-hydrogen) atoms. The Morgan fingerprint density at radius 2 is 1.45 bits per heavy atom. The van der Waals surface area contributed by atoms with E-state index >= 15 is 0 Å². The van der Waals surface area contributed by atoms with Gasteiger partial charge in [-0.3, -0.25) is 0 Å². The molecule has 0 aliphatic carbocycles. The van der Waals surface area contributed by atoms with E-state index in [0.717, 1.165) is 22.6 Å². The lowest BCUT2D eigenvalue weighted by molar-refractivity contribution is 1.24. The van der Waals surface area contributed by atoms with Crippen molar-refractivity contribution in [3.05, 3.63) is 102 Å². The van der Waals surface area contributed by atoms with E-state index in [-0.39, 0.29) is 0 Å². The summed E-state index contributed by atoms with van der Waals surface area (Å²) < 4.78 is 0. The quantitative estimate of drug-likeness (QED) is 0.439. The molecule has 0 fully saturated rings. The van der Waals surface area contributed by atoms with Crippen LogP contribution in [-0.2, 0) is 0 Å². The molecule has 0 aromatic heterocycles. The smallest absolute Gasteiger partial charge is 0.0466 e. The van der Waals surface area contributed by atoms with Crippen molar-refractivity contribution in [2.24, 2.45) is 0 Å². The topological polar surface area (TPSA) is 15.3 Å². The molecule has 0 aliphatic rings. The van der Waals surface area contributed by atoms with Gasteiger partial charge in [-0.15, -0.1) is 0 Å². The highest BCUT2D eigenvalue weighted by molar-refractivity contribution is 5.81. The first kappa shape index (κ1) is 20.5. The summed E-state index contributed by atoms with van der Waals surface area (Å²) in [5, 5.41) is 3.26. The molecule has 3 aromatic carbocycles. The molecule has 1 N–H and O–H groups in total. The Morgan fingerprint density at radius 1 is 0.828 bits per heavy atom. The maximum Gasteiger partial charge on any atom is 0.0466 e. The first-order valence-corrected chi connectivity index (χ1v) is 10.0. The van der Waals surface area contributed by atoms with E-state index in [4.69, 9.17) is 0 Å². The number of aryl methyl sites for hydroxylation is 3. The third-order valence-corrected chi connectivity index (χ3v) is 5.19. The molecule has 0 atom stereocenters. The third kappa shape index (κ3) is 4.43. The van der Waals surface area contributed by atoms with E-state index in [1.54, 1.807) is 0 Å². The highest BCUT2D eigenvalue weighted by atomic mass is 15.1. The van der Waals surface area contributed by atoms with Crippen LogP contribution in [0.3, 0.4) is 0 Å².